The quantitative estimate of drug-likeness (QED) is 0.851. The van der Waals surface area contributed by atoms with E-state index >= 15 is 0 Å². The summed E-state index contributed by atoms with van der Waals surface area (Å²) >= 11 is 0. The number of hydrogen-bond donors (Lipinski definition) is 1. The van der Waals surface area contributed by atoms with Crippen molar-refractivity contribution in [1.82, 2.24) is 15.2 Å². The van der Waals surface area contributed by atoms with Gasteiger partial charge in [-0.15, -0.1) is 5.10 Å². The Morgan fingerprint density at radius 3 is 2.82 bits per heavy atom. The van der Waals surface area contributed by atoms with Crippen LogP contribution < -0.4 is 4.90 Å². The van der Waals surface area contributed by atoms with Crippen LogP contribution in [0.5, 0.6) is 0 Å². The number of aryl methyl sites for hydroxylation is 2. The molecule has 5 nitrogen and oxygen atoms in total. The maximum Gasteiger partial charge on any atom is 0.245 e. The van der Waals surface area contributed by atoms with E-state index in [4.69, 9.17) is 5.11 Å². The van der Waals surface area contributed by atoms with Crippen LogP contribution in [0.3, 0.4) is 0 Å². The van der Waals surface area contributed by atoms with E-state index in [0.717, 1.165) is 43.3 Å². The highest BCUT2D eigenvalue weighted by Crippen LogP contribution is 2.22. The van der Waals surface area contributed by atoms with Gasteiger partial charge in [-0.2, -0.15) is 5.10 Å². The molecule has 1 aromatic rings. The second-order valence-electron chi connectivity index (χ2n) is 4.75. The minimum absolute atomic E-state index is 0.268. The van der Waals surface area contributed by atoms with Crippen molar-refractivity contribution in [3.63, 3.8) is 0 Å². The van der Waals surface area contributed by atoms with Crippen molar-refractivity contribution in [2.45, 2.75) is 33.1 Å². The maximum absolute atomic E-state index is 8.99. The molecule has 2 rings (SSSR count). The van der Waals surface area contributed by atoms with Gasteiger partial charge in [0.05, 0.1) is 11.4 Å². The first kappa shape index (κ1) is 12.2. The van der Waals surface area contributed by atoms with Gasteiger partial charge in [0.15, 0.2) is 0 Å². The molecule has 0 aliphatic carbocycles. The van der Waals surface area contributed by atoms with E-state index in [1.165, 1.54) is 6.42 Å². The van der Waals surface area contributed by atoms with E-state index in [1.807, 2.05) is 13.8 Å². The van der Waals surface area contributed by atoms with Gasteiger partial charge in [-0.05, 0) is 39.0 Å². The number of aromatic nitrogens is 3. The van der Waals surface area contributed by atoms with Crippen molar-refractivity contribution in [2.24, 2.45) is 5.92 Å². The summed E-state index contributed by atoms with van der Waals surface area (Å²) in [5.74, 6) is 1.29. The summed E-state index contributed by atoms with van der Waals surface area (Å²) in [4.78, 5) is 6.66. The molecule has 0 bridgehead atoms. The molecule has 1 saturated heterocycles. The third-order valence-corrected chi connectivity index (χ3v) is 3.42. The number of piperidine rings is 1. The van der Waals surface area contributed by atoms with Crippen molar-refractivity contribution in [2.75, 3.05) is 24.6 Å². The molecule has 0 saturated carbocycles. The van der Waals surface area contributed by atoms with Gasteiger partial charge >= 0.3 is 0 Å². The topological polar surface area (TPSA) is 62.1 Å². The summed E-state index contributed by atoms with van der Waals surface area (Å²) in [6.45, 7) is 6.08. The third kappa shape index (κ3) is 2.91. The summed E-state index contributed by atoms with van der Waals surface area (Å²) in [6, 6.07) is 0. The third-order valence-electron chi connectivity index (χ3n) is 3.42. The Labute approximate surface area is 102 Å². The van der Waals surface area contributed by atoms with Crippen LogP contribution in [0.2, 0.25) is 0 Å². The van der Waals surface area contributed by atoms with Gasteiger partial charge in [-0.25, -0.2) is 4.98 Å². The average Bonchev–Trinajstić information content (AvgIpc) is 2.33. The molecule has 1 aliphatic heterocycles. The smallest absolute Gasteiger partial charge is 0.245 e. The van der Waals surface area contributed by atoms with Gasteiger partial charge < -0.3 is 10.0 Å². The van der Waals surface area contributed by atoms with Crippen LogP contribution in [0.4, 0.5) is 5.95 Å². The molecule has 1 aliphatic rings. The number of nitrogens with zero attached hydrogens (tertiary/aromatic N) is 4. The van der Waals surface area contributed by atoms with Gasteiger partial charge in [-0.3, -0.25) is 0 Å². The SMILES string of the molecule is Cc1nnc(N2CCCC(CCO)C2)nc1C. The molecular formula is C12H20N4O. The molecule has 1 N–H and O–H groups in total. The lowest BCUT2D eigenvalue weighted by molar-refractivity contribution is 0.243. The highest BCUT2D eigenvalue weighted by Gasteiger charge is 2.21. The Hall–Kier alpha value is -1.23. The zero-order valence-electron chi connectivity index (χ0n) is 10.6. The van der Waals surface area contributed by atoms with Crippen molar-refractivity contribution >= 4 is 5.95 Å². The average molecular weight is 236 g/mol. The second-order valence-corrected chi connectivity index (χ2v) is 4.75. The van der Waals surface area contributed by atoms with E-state index in [1.54, 1.807) is 0 Å². The predicted octanol–water partition coefficient (Wildman–Crippen LogP) is 1.09. The molecule has 5 heteroatoms. The highest BCUT2D eigenvalue weighted by molar-refractivity contribution is 5.30. The zero-order chi connectivity index (χ0) is 12.3. The van der Waals surface area contributed by atoms with E-state index in [9.17, 15) is 0 Å². The molecule has 0 spiro atoms. The lowest BCUT2D eigenvalue weighted by Gasteiger charge is -2.32. The summed E-state index contributed by atoms with van der Waals surface area (Å²) in [6.07, 6.45) is 3.20. The molecule has 2 heterocycles. The normalized spacial score (nSPS) is 20.6. The fraction of sp³-hybridized carbons (Fsp3) is 0.750. The maximum atomic E-state index is 8.99. The molecule has 94 valence electrons. The first-order valence-electron chi connectivity index (χ1n) is 6.24. The lowest BCUT2D eigenvalue weighted by Crippen LogP contribution is -2.37. The van der Waals surface area contributed by atoms with Crippen LogP contribution in [0.25, 0.3) is 0 Å². The molecule has 1 atom stereocenters. The van der Waals surface area contributed by atoms with Crippen molar-refractivity contribution < 1.29 is 5.11 Å². The summed E-state index contributed by atoms with van der Waals surface area (Å²) < 4.78 is 0. The van der Waals surface area contributed by atoms with Crippen LogP contribution in [0.15, 0.2) is 0 Å². The minimum Gasteiger partial charge on any atom is -0.396 e. The Morgan fingerprint density at radius 1 is 1.29 bits per heavy atom. The van der Waals surface area contributed by atoms with E-state index in [2.05, 4.69) is 20.1 Å². The first-order valence-corrected chi connectivity index (χ1v) is 6.24. The van der Waals surface area contributed by atoms with Crippen molar-refractivity contribution in [1.29, 1.82) is 0 Å². The zero-order valence-corrected chi connectivity index (χ0v) is 10.6. The lowest BCUT2D eigenvalue weighted by atomic mass is 9.95. The fourth-order valence-corrected chi connectivity index (χ4v) is 2.24. The van der Waals surface area contributed by atoms with Gasteiger partial charge in [0.2, 0.25) is 5.95 Å². The summed E-state index contributed by atoms with van der Waals surface area (Å²) in [5.41, 5.74) is 1.83. The Bertz CT molecular complexity index is 381. The fourth-order valence-electron chi connectivity index (χ4n) is 2.24. The number of anilines is 1. The number of aliphatic hydroxyl groups is 1. The Balaban J connectivity index is 2.08. The number of rotatable bonds is 3. The molecule has 0 aromatic carbocycles. The first-order chi connectivity index (χ1) is 8.20. The summed E-state index contributed by atoms with van der Waals surface area (Å²) in [7, 11) is 0. The molecule has 0 radical (unpaired) electrons. The molecule has 1 unspecified atom stereocenters. The molecule has 1 aromatic heterocycles. The number of hydrogen-bond acceptors (Lipinski definition) is 5. The van der Waals surface area contributed by atoms with Crippen LogP contribution in [-0.4, -0.2) is 40.0 Å². The van der Waals surface area contributed by atoms with Crippen LogP contribution in [0.1, 0.15) is 30.7 Å². The highest BCUT2D eigenvalue weighted by atomic mass is 16.3. The van der Waals surface area contributed by atoms with E-state index in [-0.39, 0.29) is 6.61 Å². The molecule has 17 heavy (non-hydrogen) atoms. The van der Waals surface area contributed by atoms with Crippen LogP contribution in [-0.2, 0) is 0 Å². The molecular weight excluding hydrogens is 216 g/mol. The predicted molar refractivity (Wildman–Crippen MR) is 65.9 cm³/mol. The van der Waals surface area contributed by atoms with E-state index in [0.29, 0.717) is 5.92 Å². The van der Waals surface area contributed by atoms with E-state index < -0.39 is 0 Å². The van der Waals surface area contributed by atoms with Gasteiger partial charge in [0.1, 0.15) is 0 Å². The second kappa shape index (κ2) is 5.40. The van der Waals surface area contributed by atoms with Crippen LogP contribution in [0, 0.1) is 19.8 Å². The standard InChI is InChI=1S/C12H20N4O/c1-9-10(2)14-15-12(13-9)16-6-3-4-11(8-16)5-7-17/h11,17H,3-8H2,1-2H3. The molecule has 0 amide bonds. The van der Waals surface area contributed by atoms with Crippen LogP contribution >= 0.6 is 0 Å². The largest absolute Gasteiger partial charge is 0.396 e. The summed E-state index contributed by atoms with van der Waals surface area (Å²) in [5, 5.41) is 17.3. The van der Waals surface area contributed by atoms with Crippen molar-refractivity contribution in [3.8, 4) is 0 Å². The Morgan fingerprint density at radius 2 is 2.12 bits per heavy atom. The Kier molecular flexibility index (Phi) is 3.89. The monoisotopic (exact) mass is 236 g/mol. The van der Waals surface area contributed by atoms with Crippen molar-refractivity contribution in [3.05, 3.63) is 11.4 Å². The molecule has 1 fully saturated rings. The number of aliphatic hydroxyl groups excluding tert-OH is 1. The minimum atomic E-state index is 0.268. The van der Waals surface area contributed by atoms with Gasteiger partial charge in [-0.1, -0.05) is 0 Å². The van der Waals surface area contributed by atoms with Gasteiger partial charge in [0.25, 0.3) is 0 Å². The van der Waals surface area contributed by atoms with Gasteiger partial charge in [0, 0.05) is 19.7 Å².